The van der Waals surface area contributed by atoms with Gasteiger partial charge in [-0.25, -0.2) is 9.97 Å². The fourth-order valence-corrected chi connectivity index (χ4v) is 3.21. The number of nitrogens with zero attached hydrogens (tertiary/aromatic N) is 3. The summed E-state index contributed by atoms with van der Waals surface area (Å²) < 4.78 is 17.8. The van der Waals surface area contributed by atoms with Crippen molar-refractivity contribution in [1.82, 2.24) is 14.9 Å². The Morgan fingerprint density at radius 2 is 1.73 bits per heavy atom. The van der Waals surface area contributed by atoms with Crippen molar-refractivity contribution in [1.29, 1.82) is 0 Å². The van der Waals surface area contributed by atoms with Crippen LogP contribution in [0.4, 0.5) is 0 Å². The Morgan fingerprint density at radius 3 is 2.27 bits per heavy atom. The standard InChI is InChI=1S/C18H30BN3O4/c1-17(2)18(3,4)26-19(25-17)15-11-20-16(21-12-15)24-13-14-5-7-22(8-6-14)9-10-23/h11-12,14,23H,5-10,13H2,1-4H3. The van der Waals surface area contributed by atoms with E-state index < -0.39 is 7.12 Å². The van der Waals surface area contributed by atoms with Gasteiger partial charge < -0.3 is 24.1 Å². The van der Waals surface area contributed by atoms with E-state index >= 15 is 0 Å². The molecule has 3 heterocycles. The van der Waals surface area contributed by atoms with Gasteiger partial charge in [0.15, 0.2) is 0 Å². The van der Waals surface area contributed by atoms with Gasteiger partial charge in [0.25, 0.3) is 0 Å². The van der Waals surface area contributed by atoms with Gasteiger partial charge in [0.2, 0.25) is 0 Å². The molecule has 2 aliphatic heterocycles. The number of aliphatic hydroxyl groups excluding tert-OH is 1. The normalized spacial score (nSPS) is 23.3. The minimum absolute atomic E-state index is 0.226. The topological polar surface area (TPSA) is 76.9 Å². The fourth-order valence-electron chi connectivity index (χ4n) is 3.21. The zero-order valence-electron chi connectivity index (χ0n) is 16.3. The predicted molar refractivity (Wildman–Crippen MR) is 99.5 cm³/mol. The van der Waals surface area contributed by atoms with Gasteiger partial charge in [-0.15, -0.1) is 0 Å². The van der Waals surface area contributed by atoms with Crippen LogP contribution in [-0.2, 0) is 9.31 Å². The molecule has 2 fully saturated rings. The summed E-state index contributed by atoms with van der Waals surface area (Å²) >= 11 is 0. The van der Waals surface area contributed by atoms with Crippen LogP contribution < -0.4 is 10.2 Å². The summed E-state index contributed by atoms with van der Waals surface area (Å²) in [5, 5.41) is 8.99. The second-order valence-electron chi connectivity index (χ2n) is 8.21. The number of piperidine rings is 1. The number of hydrogen-bond acceptors (Lipinski definition) is 7. The number of ether oxygens (including phenoxy) is 1. The molecule has 7 nitrogen and oxygen atoms in total. The maximum Gasteiger partial charge on any atom is 0.498 e. The predicted octanol–water partition coefficient (Wildman–Crippen LogP) is 0.859. The zero-order valence-corrected chi connectivity index (χ0v) is 16.3. The van der Waals surface area contributed by atoms with Gasteiger partial charge in [-0.2, -0.15) is 0 Å². The minimum atomic E-state index is -0.454. The maximum atomic E-state index is 8.99. The van der Waals surface area contributed by atoms with E-state index in [0.717, 1.165) is 37.9 Å². The molecule has 0 atom stereocenters. The minimum Gasteiger partial charge on any atom is -0.463 e. The van der Waals surface area contributed by atoms with Crippen LogP contribution in [0.25, 0.3) is 0 Å². The summed E-state index contributed by atoms with van der Waals surface area (Å²) in [6.07, 6.45) is 5.58. The molecule has 0 saturated carbocycles. The Hall–Kier alpha value is -1.22. The lowest BCUT2D eigenvalue weighted by Crippen LogP contribution is -2.41. The average molecular weight is 363 g/mol. The molecule has 1 aromatic heterocycles. The van der Waals surface area contributed by atoms with Crippen LogP contribution in [-0.4, -0.2) is 71.1 Å². The van der Waals surface area contributed by atoms with Crippen LogP contribution >= 0.6 is 0 Å². The Bertz CT molecular complexity index is 573. The third kappa shape index (κ3) is 4.36. The monoisotopic (exact) mass is 363 g/mol. The molecule has 0 bridgehead atoms. The van der Waals surface area contributed by atoms with E-state index in [1.807, 2.05) is 27.7 Å². The largest absolute Gasteiger partial charge is 0.498 e. The van der Waals surface area contributed by atoms with Crippen LogP contribution in [0, 0.1) is 5.92 Å². The molecule has 2 aliphatic rings. The van der Waals surface area contributed by atoms with Crippen molar-refractivity contribution in [2.24, 2.45) is 5.92 Å². The molecular weight excluding hydrogens is 333 g/mol. The molecule has 3 rings (SSSR count). The second kappa shape index (κ2) is 7.80. The van der Waals surface area contributed by atoms with Crippen molar-refractivity contribution in [3.63, 3.8) is 0 Å². The van der Waals surface area contributed by atoms with Gasteiger partial charge in [0, 0.05) is 24.4 Å². The highest BCUT2D eigenvalue weighted by molar-refractivity contribution is 6.61. The quantitative estimate of drug-likeness (QED) is 0.751. The first-order valence-corrected chi connectivity index (χ1v) is 9.44. The Balaban J connectivity index is 1.48. The summed E-state index contributed by atoms with van der Waals surface area (Å²) in [7, 11) is -0.454. The number of aliphatic hydroxyl groups is 1. The first-order valence-electron chi connectivity index (χ1n) is 9.44. The van der Waals surface area contributed by atoms with Crippen molar-refractivity contribution in [2.45, 2.75) is 51.7 Å². The number of aromatic nitrogens is 2. The van der Waals surface area contributed by atoms with Crippen LogP contribution in [0.15, 0.2) is 12.4 Å². The van der Waals surface area contributed by atoms with Crippen LogP contribution in [0.1, 0.15) is 40.5 Å². The third-order valence-electron chi connectivity index (χ3n) is 5.75. The second-order valence-corrected chi connectivity index (χ2v) is 8.21. The summed E-state index contributed by atoms with van der Waals surface area (Å²) in [5.74, 6) is 0.510. The van der Waals surface area contributed by atoms with Gasteiger partial charge in [-0.1, -0.05) is 0 Å². The molecule has 0 spiro atoms. The highest BCUT2D eigenvalue weighted by atomic mass is 16.7. The van der Waals surface area contributed by atoms with Crippen LogP contribution in [0.3, 0.4) is 0 Å². The van der Waals surface area contributed by atoms with Crippen molar-refractivity contribution in [3.05, 3.63) is 12.4 Å². The Kier molecular flexibility index (Phi) is 5.86. The third-order valence-corrected chi connectivity index (χ3v) is 5.75. The molecule has 1 aromatic rings. The van der Waals surface area contributed by atoms with E-state index in [1.54, 1.807) is 12.4 Å². The van der Waals surface area contributed by atoms with E-state index in [0.29, 0.717) is 18.5 Å². The Morgan fingerprint density at radius 1 is 1.15 bits per heavy atom. The van der Waals surface area contributed by atoms with Crippen molar-refractivity contribution in [2.75, 3.05) is 32.8 Å². The Labute approximate surface area is 156 Å². The van der Waals surface area contributed by atoms with Gasteiger partial charge in [-0.05, 0) is 59.5 Å². The molecule has 8 heteroatoms. The van der Waals surface area contributed by atoms with E-state index in [4.69, 9.17) is 19.2 Å². The highest BCUT2D eigenvalue weighted by Crippen LogP contribution is 2.36. The van der Waals surface area contributed by atoms with Crippen molar-refractivity contribution < 1.29 is 19.2 Å². The lowest BCUT2D eigenvalue weighted by Gasteiger charge is -2.32. The lowest BCUT2D eigenvalue weighted by molar-refractivity contribution is 0.00578. The van der Waals surface area contributed by atoms with Gasteiger partial charge in [0.1, 0.15) is 0 Å². The van der Waals surface area contributed by atoms with Crippen LogP contribution in [0.2, 0.25) is 0 Å². The lowest BCUT2D eigenvalue weighted by atomic mass is 9.81. The first-order chi connectivity index (χ1) is 12.3. The number of β-amino-alcohol motifs (C(OH)–C–C–N with tert-alkyl or cyclic N) is 1. The molecule has 1 N–H and O–H groups in total. The zero-order chi connectivity index (χ0) is 18.8. The summed E-state index contributed by atoms with van der Waals surface area (Å²) in [6.45, 7) is 11.7. The summed E-state index contributed by atoms with van der Waals surface area (Å²) in [5.41, 5.74) is 0.0449. The van der Waals surface area contributed by atoms with Gasteiger partial charge in [-0.3, -0.25) is 0 Å². The molecule has 0 amide bonds. The first kappa shape index (κ1) is 19.5. The van der Waals surface area contributed by atoms with Crippen LogP contribution in [0.5, 0.6) is 6.01 Å². The average Bonchev–Trinajstić information content (AvgIpc) is 2.83. The molecule has 2 saturated heterocycles. The smallest absolute Gasteiger partial charge is 0.463 e. The van der Waals surface area contributed by atoms with E-state index in [2.05, 4.69) is 14.9 Å². The van der Waals surface area contributed by atoms with Crippen molar-refractivity contribution >= 4 is 12.6 Å². The molecule has 0 aliphatic carbocycles. The van der Waals surface area contributed by atoms with E-state index in [9.17, 15) is 0 Å². The van der Waals surface area contributed by atoms with Crippen molar-refractivity contribution in [3.8, 4) is 6.01 Å². The molecule has 0 aromatic carbocycles. The molecule has 26 heavy (non-hydrogen) atoms. The van der Waals surface area contributed by atoms with Gasteiger partial charge in [0.05, 0.1) is 24.4 Å². The highest BCUT2D eigenvalue weighted by Gasteiger charge is 2.51. The molecule has 0 unspecified atom stereocenters. The molecular formula is C18H30BN3O4. The number of rotatable bonds is 6. The summed E-state index contributed by atoms with van der Waals surface area (Å²) in [6, 6.07) is 0.392. The number of hydrogen-bond donors (Lipinski definition) is 1. The van der Waals surface area contributed by atoms with Gasteiger partial charge >= 0.3 is 13.1 Å². The van der Waals surface area contributed by atoms with E-state index in [-0.39, 0.29) is 17.8 Å². The molecule has 144 valence electrons. The molecule has 0 radical (unpaired) electrons. The SMILES string of the molecule is CC1(C)OB(c2cnc(OCC3CCN(CCO)CC3)nc2)OC1(C)C. The summed E-state index contributed by atoms with van der Waals surface area (Å²) in [4.78, 5) is 10.9. The van der Waals surface area contributed by atoms with E-state index in [1.165, 1.54) is 0 Å². The maximum absolute atomic E-state index is 8.99. The number of likely N-dealkylation sites (tertiary alicyclic amines) is 1. The fraction of sp³-hybridized carbons (Fsp3) is 0.778.